The summed E-state index contributed by atoms with van der Waals surface area (Å²) in [6, 6.07) is 0. The molecule has 0 spiro atoms. The Morgan fingerprint density at radius 3 is 2.00 bits per heavy atom. The quantitative estimate of drug-likeness (QED) is 0.625. The Morgan fingerprint density at radius 1 is 1.25 bits per heavy atom. The van der Waals surface area contributed by atoms with Crippen molar-refractivity contribution in [1.82, 2.24) is 0 Å². The lowest BCUT2D eigenvalue weighted by Crippen LogP contribution is -2.11. The van der Waals surface area contributed by atoms with Gasteiger partial charge >= 0.3 is 5.97 Å². The van der Waals surface area contributed by atoms with E-state index >= 15 is 0 Å². The molecule has 0 aromatic rings. The third kappa shape index (κ3) is 4.01. The van der Waals surface area contributed by atoms with E-state index in [0.717, 1.165) is 0 Å². The third-order valence-electron chi connectivity index (χ3n) is 2.02. The highest BCUT2D eigenvalue weighted by Crippen LogP contribution is 2.16. The summed E-state index contributed by atoms with van der Waals surface area (Å²) in [6.07, 6.45) is 1.25. The van der Waals surface area contributed by atoms with E-state index in [1.165, 1.54) is 0 Å². The largest absolute Gasteiger partial charge is 0.513 e. The minimum Gasteiger partial charge on any atom is -0.513 e. The highest BCUT2D eigenvalue weighted by Gasteiger charge is 2.13. The first-order valence-corrected chi connectivity index (χ1v) is 4.05. The fourth-order valence-electron chi connectivity index (χ4n) is 0.790. The van der Waals surface area contributed by atoms with Gasteiger partial charge in [-0.3, -0.25) is 4.79 Å². The van der Waals surface area contributed by atoms with Crippen molar-refractivity contribution in [2.75, 3.05) is 0 Å². The molecular formula is C9H16O3. The van der Waals surface area contributed by atoms with Crippen molar-refractivity contribution < 1.29 is 15.0 Å². The van der Waals surface area contributed by atoms with E-state index in [0.29, 0.717) is 12.8 Å². The molecule has 0 amide bonds. The molecule has 0 aromatic carbocycles. The molecule has 2 N–H and O–H groups in total. The molecule has 0 saturated heterocycles. The van der Waals surface area contributed by atoms with Crippen LogP contribution in [-0.4, -0.2) is 16.2 Å². The van der Waals surface area contributed by atoms with Crippen LogP contribution in [0.2, 0.25) is 0 Å². The van der Waals surface area contributed by atoms with Crippen LogP contribution in [0.15, 0.2) is 12.3 Å². The summed E-state index contributed by atoms with van der Waals surface area (Å²) in [5.74, 6) is -1.00. The number of aliphatic carboxylic acids is 1. The van der Waals surface area contributed by atoms with E-state index in [-0.39, 0.29) is 17.6 Å². The van der Waals surface area contributed by atoms with Gasteiger partial charge in [-0.1, -0.05) is 20.4 Å². The molecule has 0 saturated carbocycles. The zero-order valence-corrected chi connectivity index (χ0v) is 7.58. The highest BCUT2D eigenvalue weighted by atomic mass is 16.4. The minimum absolute atomic E-state index is 0.00759. The van der Waals surface area contributed by atoms with Crippen molar-refractivity contribution in [3.63, 3.8) is 0 Å². The Hall–Kier alpha value is -0.990. The second kappa shape index (κ2) is 4.80. The van der Waals surface area contributed by atoms with E-state index in [1.54, 1.807) is 6.92 Å². The molecule has 70 valence electrons. The molecule has 0 aliphatic carbocycles. The van der Waals surface area contributed by atoms with E-state index < -0.39 is 5.97 Å². The Balaban J connectivity index is 3.68. The lowest BCUT2D eigenvalue weighted by molar-refractivity contribution is -0.141. The van der Waals surface area contributed by atoms with Crippen molar-refractivity contribution in [2.45, 2.75) is 26.7 Å². The highest BCUT2D eigenvalue weighted by molar-refractivity contribution is 5.69. The van der Waals surface area contributed by atoms with Crippen LogP contribution < -0.4 is 0 Å². The number of carboxylic acids is 1. The SMILES string of the molecule is C=C(O)C(C)CCC(C)C(=O)O. The van der Waals surface area contributed by atoms with Gasteiger partial charge < -0.3 is 10.2 Å². The van der Waals surface area contributed by atoms with Gasteiger partial charge in [-0.05, 0) is 12.8 Å². The lowest BCUT2D eigenvalue weighted by atomic mass is 9.97. The van der Waals surface area contributed by atoms with Gasteiger partial charge in [0.05, 0.1) is 11.7 Å². The first-order chi connectivity index (χ1) is 5.45. The van der Waals surface area contributed by atoms with Crippen molar-refractivity contribution in [1.29, 1.82) is 0 Å². The third-order valence-corrected chi connectivity index (χ3v) is 2.02. The molecule has 0 aliphatic heterocycles. The number of aliphatic hydroxyl groups is 1. The van der Waals surface area contributed by atoms with Gasteiger partial charge in [-0.15, -0.1) is 0 Å². The first kappa shape index (κ1) is 11.0. The smallest absolute Gasteiger partial charge is 0.306 e. The number of aliphatic hydroxyl groups excluding tert-OH is 1. The normalized spacial score (nSPS) is 15.2. The van der Waals surface area contributed by atoms with Crippen LogP contribution in [0.4, 0.5) is 0 Å². The average Bonchev–Trinajstić information content (AvgIpc) is 1.98. The maximum absolute atomic E-state index is 10.4. The molecule has 0 radical (unpaired) electrons. The van der Waals surface area contributed by atoms with Crippen LogP contribution in [0.1, 0.15) is 26.7 Å². The zero-order valence-electron chi connectivity index (χ0n) is 7.58. The van der Waals surface area contributed by atoms with Crippen molar-refractivity contribution in [2.24, 2.45) is 11.8 Å². The molecule has 0 rings (SSSR count). The minimum atomic E-state index is -0.786. The summed E-state index contributed by atoms with van der Waals surface area (Å²) in [5.41, 5.74) is 0. The molecule has 0 heterocycles. The van der Waals surface area contributed by atoms with Crippen LogP contribution in [-0.2, 0) is 4.79 Å². The maximum atomic E-state index is 10.4. The van der Waals surface area contributed by atoms with Gasteiger partial charge in [0.25, 0.3) is 0 Å². The number of rotatable bonds is 5. The second-order valence-electron chi connectivity index (χ2n) is 3.21. The fourth-order valence-corrected chi connectivity index (χ4v) is 0.790. The lowest BCUT2D eigenvalue weighted by Gasteiger charge is -2.11. The molecule has 12 heavy (non-hydrogen) atoms. The molecule has 3 nitrogen and oxygen atoms in total. The van der Waals surface area contributed by atoms with E-state index in [1.807, 2.05) is 6.92 Å². The molecule has 0 bridgehead atoms. The number of hydrogen-bond acceptors (Lipinski definition) is 2. The summed E-state index contributed by atoms with van der Waals surface area (Å²) in [6.45, 7) is 6.88. The summed E-state index contributed by atoms with van der Waals surface area (Å²) >= 11 is 0. The van der Waals surface area contributed by atoms with Crippen molar-refractivity contribution in [3.05, 3.63) is 12.3 Å². The van der Waals surface area contributed by atoms with E-state index in [9.17, 15) is 4.79 Å². The molecule has 0 fully saturated rings. The molecule has 0 aliphatic rings. The van der Waals surface area contributed by atoms with Gasteiger partial charge in [0.2, 0.25) is 0 Å². The standard InChI is InChI=1S/C9H16O3/c1-6(8(3)10)4-5-7(2)9(11)12/h6-7,10H,3-5H2,1-2H3,(H,11,12). The van der Waals surface area contributed by atoms with E-state index in [2.05, 4.69) is 6.58 Å². The molecule has 0 aromatic heterocycles. The van der Waals surface area contributed by atoms with Crippen LogP contribution in [0.5, 0.6) is 0 Å². The Bertz CT molecular complexity index is 155. The Labute approximate surface area is 72.7 Å². The maximum Gasteiger partial charge on any atom is 0.306 e. The summed E-state index contributed by atoms with van der Waals surface area (Å²) in [4.78, 5) is 10.4. The summed E-state index contributed by atoms with van der Waals surface area (Å²) in [5, 5.41) is 17.5. The van der Waals surface area contributed by atoms with Gasteiger partial charge in [-0.25, -0.2) is 0 Å². The average molecular weight is 172 g/mol. The zero-order chi connectivity index (χ0) is 9.72. The van der Waals surface area contributed by atoms with Crippen molar-refractivity contribution in [3.8, 4) is 0 Å². The van der Waals surface area contributed by atoms with Crippen LogP contribution in [0, 0.1) is 11.8 Å². The predicted molar refractivity (Wildman–Crippen MR) is 47.0 cm³/mol. The summed E-state index contributed by atoms with van der Waals surface area (Å²) in [7, 11) is 0. The number of carbonyl (C=O) groups is 1. The molecule has 2 atom stereocenters. The fraction of sp³-hybridized carbons (Fsp3) is 0.667. The summed E-state index contributed by atoms with van der Waals surface area (Å²) < 4.78 is 0. The Kier molecular flexibility index (Phi) is 4.40. The van der Waals surface area contributed by atoms with Crippen LogP contribution in [0.25, 0.3) is 0 Å². The number of carboxylic acid groups (broad SMARTS) is 1. The van der Waals surface area contributed by atoms with Gasteiger partial charge in [-0.2, -0.15) is 0 Å². The molecule has 3 heteroatoms. The molecule has 2 unspecified atom stereocenters. The van der Waals surface area contributed by atoms with Gasteiger partial charge in [0.1, 0.15) is 0 Å². The second-order valence-corrected chi connectivity index (χ2v) is 3.21. The first-order valence-electron chi connectivity index (χ1n) is 4.05. The number of hydrogen-bond donors (Lipinski definition) is 2. The van der Waals surface area contributed by atoms with Gasteiger partial charge in [0, 0.05) is 5.92 Å². The Morgan fingerprint density at radius 2 is 1.67 bits per heavy atom. The van der Waals surface area contributed by atoms with E-state index in [4.69, 9.17) is 10.2 Å². The monoisotopic (exact) mass is 172 g/mol. The van der Waals surface area contributed by atoms with Gasteiger partial charge in [0.15, 0.2) is 0 Å². The van der Waals surface area contributed by atoms with Crippen molar-refractivity contribution >= 4 is 5.97 Å². The van der Waals surface area contributed by atoms with Crippen LogP contribution >= 0.6 is 0 Å². The van der Waals surface area contributed by atoms with Crippen LogP contribution in [0.3, 0.4) is 0 Å². The molecular weight excluding hydrogens is 156 g/mol. The topological polar surface area (TPSA) is 57.5 Å². The number of allylic oxidation sites excluding steroid dienone is 1. The predicted octanol–water partition coefficient (Wildman–Crippen LogP) is 2.20.